The third-order valence-corrected chi connectivity index (χ3v) is 2.73. The topological polar surface area (TPSA) is 41.1 Å². The largest absolute Gasteiger partial charge is 0.356 e. The zero-order valence-electron chi connectivity index (χ0n) is 6.60. The molecule has 2 heterocycles. The monoisotopic (exact) mass is 154 g/mol. The highest BCUT2D eigenvalue weighted by Gasteiger charge is 2.33. The van der Waals surface area contributed by atoms with E-state index in [9.17, 15) is 4.79 Å². The summed E-state index contributed by atoms with van der Waals surface area (Å²) in [6.45, 7) is 2.81. The van der Waals surface area contributed by atoms with Gasteiger partial charge in [0.15, 0.2) is 0 Å². The van der Waals surface area contributed by atoms with Crippen molar-refractivity contribution in [1.82, 2.24) is 10.6 Å². The second-order valence-electron chi connectivity index (χ2n) is 3.46. The summed E-state index contributed by atoms with van der Waals surface area (Å²) < 4.78 is 0. The van der Waals surface area contributed by atoms with Crippen LogP contribution in [-0.4, -0.2) is 25.5 Å². The Labute approximate surface area is 66.5 Å². The molecule has 2 aliphatic heterocycles. The van der Waals surface area contributed by atoms with Gasteiger partial charge in [0.2, 0.25) is 5.91 Å². The molecule has 3 nitrogen and oxygen atoms in total. The van der Waals surface area contributed by atoms with Gasteiger partial charge in [-0.1, -0.05) is 0 Å². The molecule has 2 aliphatic rings. The smallest absolute Gasteiger partial charge is 0.224 e. The fourth-order valence-electron chi connectivity index (χ4n) is 2.05. The van der Waals surface area contributed by atoms with Gasteiger partial charge in [0, 0.05) is 13.1 Å². The Kier molecular flexibility index (Phi) is 1.82. The normalized spacial score (nSPS) is 37.6. The molecule has 0 bridgehead atoms. The van der Waals surface area contributed by atoms with Gasteiger partial charge < -0.3 is 10.6 Å². The molecule has 0 radical (unpaired) electrons. The third kappa shape index (κ3) is 1.25. The number of hydrogen-bond donors (Lipinski definition) is 2. The molecule has 0 aliphatic carbocycles. The Balaban J connectivity index is 2.09. The highest BCUT2D eigenvalue weighted by molar-refractivity contribution is 5.79. The standard InChI is InChI=1S/C8H14N2O/c11-8-7-5-9-4-6(7)2-1-3-10-8/h6-7,9H,1-5H2,(H,10,11)/t6-,7-/m1/s1. The summed E-state index contributed by atoms with van der Waals surface area (Å²) in [4.78, 5) is 11.3. The van der Waals surface area contributed by atoms with Crippen LogP contribution in [0, 0.1) is 11.8 Å². The highest BCUT2D eigenvalue weighted by atomic mass is 16.1. The van der Waals surface area contributed by atoms with E-state index in [1.54, 1.807) is 0 Å². The van der Waals surface area contributed by atoms with Crippen molar-refractivity contribution in [2.75, 3.05) is 19.6 Å². The molecule has 2 saturated heterocycles. The van der Waals surface area contributed by atoms with Gasteiger partial charge in [0.1, 0.15) is 0 Å². The first-order valence-corrected chi connectivity index (χ1v) is 4.36. The minimum atomic E-state index is 0.262. The molecule has 0 unspecified atom stereocenters. The molecular weight excluding hydrogens is 140 g/mol. The molecule has 0 aromatic rings. The summed E-state index contributed by atoms with van der Waals surface area (Å²) in [5.74, 6) is 1.13. The fraction of sp³-hybridized carbons (Fsp3) is 0.875. The third-order valence-electron chi connectivity index (χ3n) is 2.73. The Hall–Kier alpha value is -0.570. The van der Waals surface area contributed by atoms with E-state index in [0.29, 0.717) is 5.92 Å². The quantitative estimate of drug-likeness (QED) is 0.504. The molecule has 2 atom stereocenters. The van der Waals surface area contributed by atoms with Crippen molar-refractivity contribution >= 4 is 5.91 Å². The predicted molar refractivity (Wildman–Crippen MR) is 42.1 cm³/mol. The summed E-state index contributed by atoms with van der Waals surface area (Å²) in [7, 11) is 0. The van der Waals surface area contributed by atoms with Gasteiger partial charge in [-0.3, -0.25) is 4.79 Å². The van der Waals surface area contributed by atoms with Crippen LogP contribution in [0.5, 0.6) is 0 Å². The van der Waals surface area contributed by atoms with Crippen molar-refractivity contribution in [1.29, 1.82) is 0 Å². The Bertz CT molecular complexity index is 169. The van der Waals surface area contributed by atoms with E-state index in [4.69, 9.17) is 0 Å². The van der Waals surface area contributed by atoms with Gasteiger partial charge in [-0.25, -0.2) is 0 Å². The molecule has 2 rings (SSSR count). The van der Waals surface area contributed by atoms with Crippen molar-refractivity contribution < 1.29 is 4.79 Å². The maximum atomic E-state index is 11.3. The Morgan fingerprint density at radius 1 is 1.36 bits per heavy atom. The van der Waals surface area contributed by atoms with E-state index >= 15 is 0 Å². The average molecular weight is 154 g/mol. The predicted octanol–water partition coefficient (Wildman–Crippen LogP) is -0.268. The minimum absolute atomic E-state index is 0.262. The summed E-state index contributed by atoms with van der Waals surface area (Å²) in [6, 6.07) is 0. The second kappa shape index (κ2) is 2.81. The lowest BCUT2D eigenvalue weighted by molar-refractivity contribution is -0.124. The van der Waals surface area contributed by atoms with Crippen LogP contribution in [0.15, 0.2) is 0 Å². The first-order chi connectivity index (χ1) is 5.38. The van der Waals surface area contributed by atoms with Crippen molar-refractivity contribution in [3.8, 4) is 0 Å². The van der Waals surface area contributed by atoms with Gasteiger partial charge in [0.25, 0.3) is 0 Å². The molecule has 0 saturated carbocycles. The van der Waals surface area contributed by atoms with Crippen LogP contribution < -0.4 is 10.6 Å². The summed E-state index contributed by atoms with van der Waals surface area (Å²) in [5.41, 5.74) is 0. The Morgan fingerprint density at radius 2 is 2.27 bits per heavy atom. The van der Waals surface area contributed by atoms with E-state index in [2.05, 4.69) is 10.6 Å². The molecule has 3 heteroatoms. The lowest BCUT2D eigenvalue weighted by Gasteiger charge is -2.11. The van der Waals surface area contributed by atoms with E-state index in [1.807, 2.05) is 0 Å². The zero-order chi connectivity index (χ0) is 7.68. The van der Waals surface area contributed by atoms with Crippen molar-refractivity contribution in [3.63, 3.8) is 0 Å². The van der Waals surface area contributed by atoms with Crippen molar-refractivity contribution in [3.05, 3.63) is 0 Å². The molecule has 2 fully saturated rings. The lowest BCUT2D eigenvalue weighted by Crippen LogP contribution is -2.32. The highest BCUT2D eigenvalue weighted by Crippen LogP contribution is 2.23. The van der Waals surface area contributed by atoms with Gasteiger partial charge in [-0.05, 0) is 25.3 Å². The molecule has 11 heavy (non-hydrogen) atoms. The molecule has 1 amide bonds. The van der Waals surface area contributed by atoms with Gasteiger partial charge in [-0.15, -0.1) is 0 Å². The average Bonchev–Trinajstić information content (AvgIpc) is 2.40. The van der Waals surface area contributed by atoms with Gasteiger partial charge >= 0.3 is 0 Å². The van der Waals surface area contributed by atoms with Crippen molar-refractivity contribution in [2.45, 2.75) is 12.8 Å². The maximum Gasteiger partial charge on any atom is 0.224 e. The SMILES string of the molecule is O=C1NCCC[C@@H]2CNC[C@@H]12. The number of hydrogen-bond acceptors (Lipinski definition) is 2. The van der Waals surface area contributed by atoms with E-state index in [0.717, 1.165) is 26.1 Å². The van der Waals surface area contributed by atoms with Gasteiger partial charge in [0.05, 0.1) is 5.92 Å². The Morgan fingerprint density at radius 3 is 3.18 bits per heavy atom. The first kappa shape index (κ1) is 7.10. The van der Waals surface area contributed by atoms with Crippen LogP contribution in [0.1, 0.15) is 12.8 Å². The number of amides is 1. The number of fused-ring (bicyclic) bond motifs is 1. The van der Waals surface area contributed by atoms with Gasteiger partial charge in [-0.2, -0.15) is 0 Å². The number of nitrogens with one attached hydrogen (secondary N) is 2. The maximum absolute atomic E-state index is 11.3. The zero-order valence-corrected chi connectivity index (χ0v) is 6.60. The van der Waals surface area contributed by atoms with Crippen LogP contribution in [0.3, 0.4) is 0 Å². The first-order valence-electron chi connectivity index (χ1n) is 4.36. The molecule has 62 valence electrons. The van der Waals surface area contributed by atoms with E-state index in [1.165, 1.54) is 6.42 Å². The number of carbonyl (C=O) groups excluding carboxylic acids is 1. The van der Waals surface area contributed by atoms with Crippen LogP contribution in [0.4, 0.5) is 0 Å². The van der Waals surface area contributed by atoms with E-state index in [-0.39, 0.29) is 11.8 Å². The number of rotatable bonds is 0. The molecular formula is C8H14N2O. The summed E-state index contributed by atoms with van der Waals surface area (Å²) in [6.07, 6.45) is 2.35. The summed E-state index contributed by atoms with van der Waals surface area (Å²) >= 11 is 0. The van der Waals surface area contributed by atoms with Crippen molar-refractivity contribution in [2.24, 2.45) is 11.8 Å². The molecule has 0 aromatic carbocycles. The summed E-state index contributed by atoms with van der Waals surface area (Å²) in [5, 5.41) is 6.20. The van der Waals surface area contributed by atoms with Crippen LogP contribution in [0.2, 0.25) is 0 Å². The lowest BCUT2D eigenvalue weighted by atomic mass is 9.93. The minimum Gasteiger partial charge on any atom is -0.356 e. The van der Waals surface area contributed by atoms with E-state index < -0.39 is 0 Å². The molecule has 0 spiro atoms. The second-order valence-corrected chi connectivity index (χ2v) is 3.46. The van der Waals surface area contributed by atoms with Crippen LogP contribution >= 0.6 is 0 Å². The van der Waals surface area contributed by atoms with Crippen LogP contribution in [-0.2, 0) is 4.79 Å². The molecule has 2 N–H and O–H groups in total. The fourth-order valence-corrected chi connectivity index (χ4v) is 2.05. The van der Waals surface area contributed by atoms with Crippen LogP contribution in [0.25, 0.3) is 0 Å². The molecule has 0 aromatic heterocycles. The number of carbonyl (C=O) groups is 1.